The molecule has 132 valence electrons. The number of hydrogen-bond donors (Lipinski definition) is 2. The number of aromatic nitrogens is 3. The number of nitriles is 1. The van der Waals surface area contributed by atoms with Crippen LogP contribution in [0.1, 0.15) is 22.7 Å². The molecule has 3 aromatic rings. The molecule has 0 saturated carbocycles. The van der Waals surface area contributed by atoms with Crippen LogP contribution in [0, 0.1) is 32.1 Å². The van der Waals surface area contributed by atoms with Gasteiger partial charge in [0, 0.05) is 16.8 Å². The monoisotopic (exact) mass is 351 g/mol. The van der Waals surface area contributed by atoms with E-state index in [0.717, 1.165) is 0 Å². The molecule has 0 aliphatic carbocycles. The molecule has 0 atom stereocenters. The zero-order valence-electron chi connectivity index (χ0n) is 14.6. The van der Waals surface area contributed by atoms with Crippen molar-refractivity contribution in [2.45, 2.75) is 27.3 Å². The van der Waals surface area contributed by atoms with E-state index in [1.165, 1.54) is 4.68 Å². The third kappa shape index (κ3) is 2.91. The van der Waals surface area contributed by atoms with Crippen LogP contribution in [0.15, 0.2) is 22.6 Å². The van der Waals surface area contributed by atoms with Crippen molar-refractivity contribution in [3.63, 3.8) is 0 Å². The van der Waals surface area contributed by atoms with E-state index in [9.17, 15) is 10.1 Å². The first kappa shape index (κ1) is 17.2. The van der Waals surface area contributed by atoms with E-state index in [1.807, 2.05) is 6.92 Å². The van der Waals surface area contributed by atoms with Crippen LogP contribution in [-0.4, -0.2) is 25.8 Å². The molecule has 3 heterocycles. The van der Waals surface area contributed by atoms with E-state index in [4.69, 9.17) is 15.3 Å². The van der Waals surface area contributed by atoms with Crippen LogP contribution in [0.3, 0.4) is 0 Å². The Labute approximate surface area is 149 Å². The number of anilines is 1. The van der Waals surface area contributed by atoms with Crippen LogP contribution in [0.2, 0.25) is 0 Å². The van der Waals surface area contributed by atoms with E-state index < -0.39 is 5.97 Å². The maximum absolute atomic E-state index is 11.0. The van der Waals surface area contributed by atoms with Gasteiger partial charge in [0.1, 0.15) is 35.5 Å². The van der Waals surface area contributed by atoms with Gasteiger partial charge in [0.15, 0.2) is 0 Å². The predicted octanol–water partition coefficient (Wildman–Crippen LogP) is 2.67. The van der Waals surface area contributed by atoms with Gasteiger partial charge in [-0.1, -0.05) is 0 Å². The van der Waals surface area contributed by atoms with Crippen LogP contribution >= 0.6 is 0 Å². The van der Waals surface area contributed by atoms with Crippen molar-refractivity contribution in [1.82, 2.24) is 14.8 Å². The van der Waals surface area contributed by atoms with E-state index in [-0.39, 0.29) is 17.9 Å². The molecule has 3 N–H and O–H groups in total. The van der Waals surface area contributed by atoms with E-state index >= 15 is 0 Å². The van der Waals surface area contributed by atoms with Crippen LogP contribution in [0.5, 0.6) is 0 Å². The molecular formula is C18H17N5O3. The quantitative estimate of drug-likeness (QED) is 0.738. The second-order valence-corrected chi connectivity index (χ2v) is 5.93. The number of nitrogen functional groups attached to an aromatic ring is 1. The molecule has 0 amide bonds. The number of nitrogens with two attached hydrogens (primary N) is 1. The Morgan fingerprint density at radius 1 is 1.38 bits per heavy atom. The molecule has 0 bridgehead atoms. The molecule has 26 heavy (non-hydrogen) atoms. The Hall–Kier alpha value is -3.60. The average Bonchev–Trinajstić information content (AvgIpc) is 3.10. The van der Waals surface area contributed by atoms with Gasteiger partial charge in [0.2, 0.25) is 0 Å². The number of rotatable bonds is 4. The van der Waals surface area contributed by atoms with Gasteiger partial charge in [-0.15, -0.1) is 0 Å². The highest BCUT2D eigenvalue weighted by atomic mass is 16.4. The molecule has 0 aromatic carbocycles. The number of carboxylic acid groups (broad SMARTS) is 1. The summed E-state index contributed by atoms with van der Waals surface area (Å²) in [5.74, 6) is 0.324. The SMILES string of the molecule is Cc1ccc(-c2cc(-c3c(C)nn(CC(=O)O)c3C)nc(N)c2C#N)o1. The molecule has 0 spiro atoms. The second-order valence-electron chi connectivity index (χ2n) is 5.93. The first-order chi connectivity index (χ1) is 12.3. The largest absolute Gasteiger partial charge is 0.480 e. The number of aryl methyl sites for hydroxylation is 2. The number of carboxylic acids is 1. The lowest BCUT2D eigenvalue weighted by Crippen LogP contribution is -2.11. The first-order valence-corrected chi connectivity index (χ1v) is 7.85. The first-order valence-electron chi connectivity index (χ1n) is 7.85. The molecule has 0 saturated heterocycles. The molecular weight excluding hydrogens is 334 g/mol. The van der Waals surface area contributed by atoms with Crippen molar-refractivity contribution in [3.8, 4) is 28.7 Å². The highest BCUT2D eigenvalue weighted by Gasteiger charge is 2.21. The van der Waals surface area contributed by atoms with Gasteiger partial charge < -0.3 is 15.3 Å². The molecule has 0 aliphatic heterocycles. The summed E-state index contributed by atoms with van der Waals surface area (Å²) in [6.45, 7) is 5.10. The summed E-state index contributed by atoms with van der Waals surface area (Å²) < 4.78 is 7.05. The number of pyridine rings is 1. The molecule has 0 fully saturated rings. The summed E-state index contributed by atoms with van der Waals surface area (Å²) in [4.78, 5) is 15.3. The van der Waals surface area contributed by atoms with E-state index in [0.29, 0.717) is 39.7 Å². The number of nitrogens with zero attached hydrogens (tertiary/aromatic N) is 4. The lowest BCUT2D eigenvalue weighted by Gasteiger charge is -2.09. The molecule has 8 heteroatoms. The Kier molecular flexibility index (Phi) is 4.22. The van der Waals surface area contributed by atoms with Crippen molar-refractivity contribution in [2.24, 2.45) is 0 Å². The van der Waals surface area contributed by atoms with Gasteiger partial charge in [0.25, 0.3) is 0 Å². The van der Waals surface area contributed by atoms with Crippen molar-refractivity contribution in [1.29, 1.82) is 5.26 Å². The van der Waals surface area contributed by atoms with Gasteiger partial charge in [-0.3, -0.25) is 9.48 Å². The molecule has 3 aromatic heterocycles. The summed E-state index contributed by atoms with van der Waals surface area (Å²) in [6, 6.07) is 7.35. The van der Waals surface area contributed by atoms with Crippen LogP contribution in [-0.2, 0) is 11.3 Å². The molecule has 3 rings (SSSR count). The highest BCUT2D eigenvalue weighted by molar-refractivity contribution is 5.79. The predicted molar refractivity (Wildman–Crippen MR) is 94.1 cm³/mol. The minimum Gasteiger partial charge on any atom is -0.480 e. The second kappa shape index (κ2) is 6.37. The standard InChI is InChI=1S/C18H17N5O3/c1-9-4-5-15(26-9)12-6-14(21-18(20)13(12)7-19)17-10(2)22-23(11(17)3)8-16(24)25/h4-6H,8H2,1-3H3,(H2,20,21)(H,24,25). The molecule has 8 nitrogen and oxygen atoms in total. The Balaban J connectivity index is 2.22. The molecule has 0 aliphatic rings. The van der Waals surface area contributed by atoms with E-state index in [1.54, 1.807) is 32.0 Å². The highest BCUT2D eigenvalue weighted by Crippen LogP contribution is 2.34. The van der Waals surface area contributed by atoms with Gasteiger partial charge in [-0.25, -0.2) is 4.98 Å². The average molecular weight is 351 g/mol. The normalized spacial score (nSPS) is 10.7. The number of hydrogen-bond acceptors (Lipinski definition) is 6. The van der Waals surface area contributed by atoms with Gasteiger partial charge >= 0.3 is 5.97 Å². The number of aliphatic carboxylic acids is 1. The fourth-order valence-electron chi connectivity index (χ4n) is 2.93. The maximum Gasteiger partial charge on any atom is 0.325 e. The van der Waals surface area contributed by atoms with Crippen molar-refractivity contribution < 1.29 is 14.3 Å². The third-order valence-electron chi connectivity index (χ3n) is 4.09. The zero-order valence-corrected chi connectivity index (χ0v) is 14.6. The van der Waals surface area contributed by atoms with Crippen molar-refractivity contribution in [2.75, 3.05) is 5.73 Å². The Morgan fingerprint density at radius 3 is 2.69 bits per heavy atom. The Bertz CT molecular complexity index is 1060. The summed E-state index contributed by atoms with van der Waals surface area (Å²) in [5, 5.41) is 22.7. The van der Waals surface area contributed by atoms with Gasteiger partial charge in [-0.05, 0) is 39.0 Å². The van der Waals surface area contributed by atoms with Crippen LogP contribution in [0.4, 0.5) is 5.82 Å². The van der Waals surface area contributed by atoms with Crippen LogP contribution < -0.4 is 5.73 Å². The van der Waals surface area contributed by atoms with Crippen LogP contribution in [0.25, 0.3) is 22.6 Å². The Morgan fingerprint density at radius 2 is 2.12 bits per heavy atom. The smallest absolute Gasteiger partial charge is 0.325 e. The fourth-order valence-corrected chi connectivity index (χ4v) is 2.93. The number of carbonyl (C=O) groups is 1. The van der Waals surface area contributed by atoms with E-state index in [2.05, 4.69) is 16.2 Å². The van der Waals surface area contributed by atoms with Crippen molar-refractivity contribution in [3.05, 3.63) is 40.9 Å². The van der Waals surface area contributed by atoms with Gasteiger partial charge in [-0.2, -0.15) is 10.4 Å². The minimum absolute atomic E-state index is 0.0823. The fraction of sp³-hybridized carbons (Fsp3) is 0.222. The number of furan rings is 1. The topological polar surface area (TPSA) is 131 Å². The lowest BCUT2D eigenvalue weighted by molar-refractivity contribution is -0.137. The molecule has 0 radical (unpaired) electrons. The van der Waals surface area contributed by atoms with Crippen molar-refractivity contribution >= 4 is 11.8 Å². The maximum atomic E-state index is 11.0. The van der Waals surface area contributed by atoms with Gasteiger partial charge in [0.05, 0.1) is 11.4 Å². The lowest BCUT2D eigenvalue weighted by atomic mass is 10.0. The summed E-state index contributed by atoms with van der Waals surface area (Å²) in [5.41, 5.74) is 9.25. The summed E-state index contributed by atoms with van der Waals surface area (Å²) in [7, 11) is 0. The third-order valence-corrected chi connectivity index (χ3v) is 4.09. The summed E-state index contributed by atoms with van der Waals surface area (Å²) >= 11 is 0. The minimum atomic E-state index is -0.985. The summed E-state index contributed by atoms with van der Waals surface area (Å²) in [6.07, 6.45) is 0. The zero-order chi connectivity index (χ0) is 19.0. The molecule has 0 unspecified atom stereocenters.